The summed E-state index contributed by atoms with van der Waals surface area (Å²) in [6.45, 7) is 1.38. The number of hydrogen-bond acceptors (Lipinski definition) is 7. The summed E-state index contributed by atoms with van der Waals surface area (Å²) in [6.07, 6.45) is 1.73. The van der Waals surface area contributed by atoms with Gasteiger partial charge in [0.2, 0.25) is 0 Å². The zero-order valence-corrected chi connectivity index (χ0v) is 23.8. The molecule has 5 rings (SSSR count). The summed E-state index contributed by atoms with van der Waals surface area (Å²) >= 11 is 0. The van der Waals surface area contributed by atoms with Crippen molar-refractivity contribution in [3.8, 4) is 0 Å². The van der Waals surface area contributed by atoms with E-state index in [2.05, 4.69) is 20.2 Å². The van der Waals surface area contributed by atoms with E-state index in [-0.39, 0.29) is 35.9 Å². The molecule has 0 amide bonds. The van der Waals surface area contributed by atoms with Gasteiger partial charge in [0.1, 0.15) is 22.9 Å². The fourth-order valence-corrected chi connectivity index (χ4v) is 7.17. The molecule has 0 unspecified atom stereocenters. The average molecular weight is 627 g/mol. The maximum absolute atomic E-state index is 15.2. The lowest BCUT2D eigenvalue weighted by molar-refractivity contribution is -0.137. The van der Waals surface area contributed by atoms with Crippen LogP contribution in [-0.2, 0) is 26.6 Å². The molecule has 14 heteroatoms. The van der Waals surface area contributed by atoms with Crippen molar-refractivity contribution in [1.29, 1.82) is 0 Å². The number of anilines is 1. The summed E-state index contributed by atoms with van der Waals surface area (Å²) in [5, 5.41) is 9.99. The first kappa shape index (κ1) is 32.3. The van der Waals surface area contributed by atoms with Crippen LogP contribution in [-0.4, -0.2) is 60.0 Å². The Morgan fingerprint density at radius 1 is 1.05 bits per heavy atom. The molecule has 1 aliphatic carbocycles. The van der Waals surface area contributed by atoms with Crippen LogP contribution >= 0.6 is 0 Å². The van der Waals surface area contributed by atoms with Crippen molar-refractivity contribution in [1.82, 2.24) is 14.9 Å². The molecule has 2 fully saturated rings. The van der Waals surface area contributed by atoms with Gasteiger partial charge in [0.05, 0.1) is 22.7 Å². The van der Waals surface area contributed by atoms with E-state index in [0.29, 0.717) is 30.9 Å². The number of hydrogen-bond donors (Lipinski definition) is 2. The third kappa shape index (κ3) is 8.05. The fraction of sp³-hybridized carbons (Fsp3) is 0.414. The molecule has 2 heterocycles. The van der Waals surface area contributed by atoms with Crippen LogP contribution in [0.2, 0.25) is 0 Å². The Kier molecular flexibility index (Phi) is 10.3. The Morgan fingerprint density at radius 3 is 2.42 bits per heavy atom. The van der Waals surface area contributed by atoms with Crippen LogP contribution in [0.5, 0.6) is 0 Å². The van der Waals surface area contributed by atoms with Gasteiger partial charge in [-0.1, -0.05) is 18.2 Å². The minimum atomic E-state index is -4.43. The summed E-state index contributed by atoms with van der Waals surface area (Å²) in [7, 11) is -4.21. The molecule has 2 aliphatic rings. The summed E-state index contributed by atoms with van der Waals surface area (Å²) < 4.78 is 95.8. The molecule has 2 aromatic carbocycles. The highest BCUT2D eigenvalue weighted by atomic mass is 32.2. The van der Waals surface area contributed by atoms with Gasteiger partial charge in [-0.05, 0) is 74.9 Å². The van der Waals surface area contributed by atoms with Gasteiger partial charge >= 0.3 is 6.18 Å². The van der Waals surface area contributed by atoms with Crippen molar-refractivity contribution in [2.24, 2.45) is 0 Å². The van der Waals surface area contributed by atoms with Gasteiger partial charge in [0.25, 0.3) is 6.47 Å². The average Bonchev–Trinajstić information content (AvgIpc) is 3.50. The highest BCUT2D eigenvalue weighted by Crippen LogP contribution is 2.40. The van der Waals surface area contributed by atoms with Crippen molar-refractivity contribution in [2.75, 3.05) is 18.4 Å². The highest BCUT2D eigenvalue weighted by molar-refractivity contribution is 7.90. The molecule has 8 nitrogen and oxygen atoms in total. The third-order valence-electron chi connectivity index (χ3n) is 7.79. The second-order valence-electron chi connectivity index (χ2n) is 10.5. The van der Waals surface area contributed by atoms with E-state index in [4.69, 9.17) is 9.90 Å². The molecular weight excluding hydrogens is 595 g/mol. The molecule has 0 spiro atoms. The molecule has 1 saturated carbocycles. The van der Waals surface area contributed by atoms with E-state index in [0.717, 1.165) is 38.1 Å². The highest BCUT2D eigenvalue weighted by Gasteiger charge is 2.38. The largest absolute Gasteiger partial charge is 0.483 e. The van der Waals surface area contributed by atoms with Crippen LogP contribution in [0.15, 0.2) is 59.9 Å². The van der Waals surface area contributed by atoms with Crippen LogP contribution in [0.1, 0.15) is 54.8 Å². The Morgan fingerprint density at radius 2 is 1.77 bits per heavy atom. The maximum atomic E-state index is 15.2. The van der Waals surface area contributed by atoms with Gasteiger partial charge in [-0.15, -0.1) is 0 Å². The Labute approximate surface area is 245 Å². The predicted molar refractivity (Wildman–Crippen MR) is 148 cm³/mol. The summed E-state index contributed by atoms with van der Waals surface area (Å²) in [5.74, 6) is -2.69. The van der Waals surface area contributed by atoms with Crippen LogP contribution in [0.4, 0.5) is 27.6 Å². The topological polar surface area (TPSA) is 112 Å². The van der Waals surface area contributed by atoms with E-state index in [9.17, 15) is 21.6 Å². The van der Waals surface area contributed by atoms with Gasteiger partial charge in [0, 0.05) is 24.3 Å². The molecule has 232 valence electrons. The number of carboxylic acid groups (broad SMARTS) is 1. The number of carbonyl (C=O) groups is 1. The molecule has 1 aromatic heterocycles. The van der Waals surface area contributed by atoms with Gasteiger partial charge in [0.15, 0.2) is 9.84 Å². The molecule has 2 N–H and O–H groups in total. The molecule has 3 aromatic rings. The number of likely N-dealkylation sites (tertiary alicyclic amines) is 1. The fourth-order valence-electron chi connectivity index (χ4n) is 5.82. The van der Waals surface area contributed by atoms with E-state index in [1.165, 1.54) is 30.7 Å². The monoisotopic (exact) mass is 626 g/mol. The van der Waals surface area contributed by atoms with Gasteiger partial charge in [-0.2, -0.15) is 13.2 Å². The van der Waals surface area contributed by atoms with Crippen molar-refractivity contribution >= 4 is 22.0 Å². The van der Waals surface area contributed by atoms with Crippen LogP contribution in [0.25, 0.3) is 0 Å². The van der Waals surface area contributed by atoms with E-state index in [1.807, 2.05) is 0 Å². The van der Waals surface area contributed by atoms with Crippen molar-refractivity contribution in [3.63, 3.8) is 0 Å². The number of aromatic nitrogens is 2. The van der Waals surface area contributed by atoms with Crippen LogP contribution < -0.4 is 5.32 Å². The molecule has 1 aliphatic heterocycles. The number of alkyl halides is 3. The lowest BCUT2D eigenvalue weighted by atomic mass is 9.77. The zero-order valence-electron chi connectivity index (χ0n) is 23.0. The number of benzene rings is 2. The van der Waals surface area contributed by atoms with Gasteiger partial charge < -0.3 is 10.4 Å². The SMILES string of the molecule is O=CO.O=S(=O)(Cc1ccncn1)c1cc(F)c(N[C@H]2CC[C@H](c3cccc(C(F)(F)F)c3)C[C@@H]2N2CCCC2)cc1F. The molecule has 1 saturated heterocycles. The summed E-state index contributed by atoms with van der Waals surface area (Å²) in [4.78, 5) is 17.4. The first-order chi connectivity index (χ1) is 20.4. The number of nitrogens with one attached hydrogen (secondary N) is 1. The van der Waals surface area contributed by atoms with E-state index < -0.39 is 43.9 Å². The smallest absolute Gasteiger partial charge is 0.416 e. The summed E-state index contributed by atoms with van der Waals surface area (Å²) in [5.41, 5.74) is -0.0589. The van der Waals surface area contributed by atoms with Gasteiger partial charge in [-0.3, -0.25) is 9.69 Å². The van der Waals surface area contributed by atoms with E-state index >= 15 is 8.78 Å². The predicted octanol–water partition coefficient (Wildman–Crippen LogP) is 5.66. The Hall–Kier alpha value is -3.65. The van der Waals surface area contributed by atoms with Crippen LogP contribution in [0, 0.1) is 11.6 Å². The number of halogens is 5. The lowest BCUT2D eigenvalue weighted by Crippen LogP contribution is -2.49. The molecular formula is C29H31F5N4O4S. The van der Waals surface area contributed by atoms with E-state index in [1.54, 1.807) is 6.07 Å². The molecule has 43 heavy (non-hydrogen) atoms. The third-order valence-corrected chi connectivity index (χ3v) is 9.45. The number of sulfone groups is 1. The van der Waals surface area contributed by atoms with Crippen molar-refractivity contribution in [2.45, 2.75) is 66.9 Å². The molecule has 0 bridgehead atoms. The number of rotatable bonds is 7. The minimum absolute atomic E-state index is 0.109. The lowest BCUT2D eigenvalue weighted by Gasteiger charge is -2.42. The van der Waals surface area contributed by atoms with Crippen molar-refractivity contribution in [3.05, 3.63) is 83.4 Å². The molecule has 0 radical (unpaired) electrons. The Balaban J connectivity index is 0.00000135. The molecule has 3 atom stereocenters. The maximum Gasteiger partial charge on any atom is 0.416 e. The zero-order chi connectivity index (χ0) is 31.2. The Bertz CT molecular complexity index is 1500. The number of nitrogens with zero attached hydrogens (tertiary/aromatic N) is 3. The second kappa shape index (κ2) is 13.8. The first-order valence-electron chi connectivity index (χ1n) is 13.6. The quantitative estimate of drug-likeness (QED) is 0.255. The van der Waals surface area contributed by atoms with Gasteiger partial charge in [-0.25, -0.2) is 27.2 Å². The first-order valence-corrected chi connectivity index (χ1v) is 15.3. The normalized spacial score (nSPS) is 21.1. The minimum Gasteiger partial charge on any atom is -0.483 e. The summed E-state index contributed by atoms with van der Waals surface area (Å²) in [6, 6.07) is 7.93. The standard InChI is InChI=1S/C28H29F5N4O2S.CH2O2/c29-22-15-27(40(38,39)16-21-8-9-34-17-35-21)23(30)14-25(22)36-24-7-6-19(13-26(24)37-10-1-2-11-37)18-4-3-5-20(12-18)28(31,32)33;2-1-3/h3-5,8-9,12,14-15,17,19,24,26,36H,1-2,6-7,10-11,13,16H2;1H,(H,2,3)/t19-,24-,26-;/m0./s1. The van der Waals surface area contributed by atoms with Crippen LogP contribution in [0.3, 0.4) is 0 Å². The van der Waals surface area contributed by atoms with Crippen molar-refractivity contribution < 1.29 is 40.3 Å². The second-order valence-corrected chi connectivity index (χ2v) is 12.5.